The van der Waals surface area contributed by atoms with Crippen LogP contribution in [0.5, 0.6) is 0 Å². The first-order valence-corrected chi connectivity index (χ1v) is 10.1. The van der Waals surface area contributed by atoms with Crippen molar-refractivity contribution in [3.05, 3.63) is 41.0 Å². The molecule has 154 valence electrons. The minimum atomic E-state index is -0.968. The lowest BCUT2D eigenvalue weighted by atomic mass is 9.76. The summed E-state index contributed by atoms with van der Waals surface area (Å²) in [6, 6.07) is 3.97. The predicted octanol–water partition coefficient (Wildman–Crippen LogP) is 2.59. The number of anilines is 1. The van der Waals surface area contributed by atoms with Crippen LogP contribution in [0.3, 0.4) is 0 Å². The monoisotopic (exact) mass is 396 g/mol. The number of fused-ring (bicyclic) bond motifs is 5. The maximum atomic E-state index is 13.5. The third-order valence-corrected chi connectivity index (χ3v) is 6.22. The summed E-state index contributed by atoms with van der Waals surface area (Å²) < 4.78 is 6.10. The summed E-state index contributed by atoms with van der Waals surface area (Å²) in [6.07, 6.45) is 3.28. The zero-order chi connectivity index (χ0) is 21.3. The summed E-state index contributed by atoms with van der Waals surface area (Å²) in [7, 11) is 0. The first-order valence-electron chi connectivity index (χ1n) is 10.1. The molecule has 2 bridgehead atoms. The quantitative estimate of drug-likeness (QED) is 0.629. The number of aryl methyl sites for hydroxylation is 3. The van der Waals surface area contributed by atoms with E-state index in [0.29, 0.717) is 5.69 Å². The second kappa shape index (κ2) is 6.26. The Labute approximate surface area is 171 Å². The smallest absolute Gasteiger partial charge is 0.241 e. The van der Waals surface area contributed by atoms with Gasteiger partial charge in [-0.1, -0.05) is 50.6 Å². The van der Waals surface area contributed by atoms with Crippen molar-refractivity contribution in [2.45, 2.75) is 53.2 Å². The van der Waals surface area contributed by atoms with E-state index >= 15 is 0 Å². The minimum absolute atomic E-state index is 0.116. The summed E-state index contributed by atoms with van der Waals surface area (Å²) in [5, 5.41) is 2.92. The molecule has 0 saturated carbocycles. The largest absolute Gasteiger partial charge is 0.360 e. The highest BCUT2D eigenvalue weighted by Crippen LogP contribution is 2.52. The fraction of sp³-hybridized carbons (Fsp3) is 0.522. The number of amides is 3. The lowest BCUT2D eigenvalue weighted by molar-refractivity contribution is -0.132. The van der Waals surface area contributed by atoms with Crippen LogP contribution in [0.15, 0.2) is 24.3 Å². The van der Waals surface area contributed by atoms with Crippen LogP contribution >= 0.6 is 0 Å². The van der Waals surface area contributed by atoms with Gasteiger partial charge in [-0.3, -0.25) is 14.4 Å². The number of carbonyl (C=O) groups excluding carboxylic acids is 3. The van der Waals surface area contributed by atoms with Crippen molar-refractivity contribution in [3.63, 3.8) is 0 Å². The summed E-state index contributed by atoms with van der Waals surface area (Å²) in [5.41, 5.74) is 2.06. The molecule has 0 radical (unpaired) electrons. The number of hydrogen-bond acceptors (Lipinski definition) is 4. The summed E-state index contributed by atoms with van der Waals surface area (Å²) in [4.78, 5) is 40.6. The standard InChI is InChI=1S/C23H28N2O4/c1-12-9-13(2)18(14(3)10-12)25-19(26)16-15-7-8-23(29-15,17(16)20(25)27)11-24-21(28)22(4,5)6/h7-10,15-17H,11H2,1-6H3,(H,24,28)/t15-,16+,17+,23+/m1/s1. The second-order valence-corrected chi connectivity index (χ2v) is 9.59. The van der Waals surface area contributed by atoms with E-state index in [2.05, 4.69) is 5.32 Å². The van der Waals surface area contributed by atoms with Gasteiger partial charge in [0, 0.05) is 5.41 Å². The number of carbonyl (C=O) groups is 3. The third-order valence-electron chi connectivity index (χ3n) is 6.22. The van der Waals surface area contributed by atoms with Crippen molar-refractivity contribution in [2.75, 3.05) is 11.4 Å². The number of benzene rings is 1. The van der Waals surface area contributed by atoms with Crippen LogP contribution in [-0.4, -0.2) is 36.0 Å². The molecule has 1 aromatic carbocycles. The lowest BCUT2D eigenvalue weighted by Gasteiger charge is -2.31. The van der Waals surface area contributed by atoms with Crippen molar-refractivity contribution in [1.82, 2.24) is 5.32 Å². The van der Waals surface area contributed by atoms with Crippen LogP contribution in [0, 0.1) is 38.0 Å². The number of hydrogen-bond donors (Lipinski definition) is 1. The molecule has 3 heterocycles. The van der Waals surface area contributed by atoms with E-state index in [9.17, 15) is 14.4 Å². The normalized spacial score (nSPS) is 30.3. The maximum Gasteiger partial charge on any atom is 0.241 e. The van der Waals surface area contributed by atoms with Crippen LogP contribution < -0.4 is 10.2 Å². The van der Waals surface area contributed by atoms with Crippen LogP contribution in [0.4, 0.5) is 5.69 Å². The molecule has 1 aromatic rings. The first kappa shape index (κ1) is 19.8. The maximum absolute atomic E-state index is 13.5. The van der Waals surface area contributed by atoms with Gasteiger partial charge in [0.2, 0.25) is 17.7 Å². The number of nitrogens with zero attached hydrogens (tertiary/aromatic N) is 1. The van der Waals surface area contributed by atoms with E-state index in [-0.39, 0.29) is 24.3 Å². The van der Waals surface area contributed by atoms with E-state index in [1.165, 1.54) is 4.90 Å². The Morgan fingerprint density at radius 1 is 1.14 bits per heavy atom. The highest BCUT2D eigenvalue weighted by atomic mass is 16.5. The van der Waals surface area contributed by atoms with Crippen LogP contribution in [-0.2, 0) is 19.1 Å². The molecule has 3 aliphatic rings. The molecule has 2 fully saturated rings. The molecular weight excluding hydrogens is 368 g/mol. The SMILES string of the molecule is Cc1cc(C)c(N2C(=O)[C@@H]3[C@@H](C2=O)[C@@]2(CNC(=O)C(C)(C)C)C=C[C@H]3O2)c(C)c1. The predicted molar refractivity (Wildman–Crippen MR) is 109 cm³/mol. The molecular formula is C23H28N2O4. The van der Waals surface area contributed by atoms with E-state index in [1.54, 1.807) is 0 Å². The fourth-order valence-corrected chi connectivity index (χ4v) is 4.94. The van der Waals surface area contributed by atoms with Gasteiger partial charge in [0.15, 0.2) is 0 Å². The molecule has 3 amide bonds. The number of rotatable bonds is 3. The Kier molecular flexibility index (Phi) is 4.28. The van der Waals surface area contributed by atoms with E-state index in [0.717, 1.165) is 16.7 Å². The van der Waals surface area contributed by atoms with Gasteiger partial charge in [0.1, 0.15) is 5.60 Å². The molecule has 1 N–H and O–H groups in total. The molecule has 6 heteroatoms. The average Bonchev–Trinajstić information content (AvgIpc) is 3.24. The van der Waals surface area contributed by atoms with Crippen molar-refractivity contribution >= 4 is 23.4 Å². The molecule has 4 rings (SSSR count). The summed E-state index contributed by atoms with van der Waals surface area (Å²) in [5.74, 6) is -1.74. The molecule has 0 spiro atoms. The van der Waals surface area contributed by atoms with E-state index in [1.807, 2.05) is 65.8 Å². The Bertz CT molecular complexity index is 935. The fourth-order valence-electron chi connectivity index (χ4n) is 4.94. The second-order valence-electron chi connectivity index (χ2n) is 9.59. The van der Waals surface area contributed by atoms with Gasteiger partial charge in [-0.2, -0.15) is 0 Å². The minimum Gasteiger partial charge on any atom is -0.360 e. The van der Waals surface area contributed by atoms with E-state index < -0.39 is 29.0 Å². The molecule has 0 aliphatic carbocycles. The topological polar surface area (TPSA) is 75.7 Å². The molecule has 0 aromatic heterocycles. The first-order chi connectivity index (χ1) is 13.5. The van der Waals surface area contributed by atoms with Gasteiger partial charge < -0.3 is 10.1 Å². The highest BCUT2D eigenvalue weighted by molar-refractivity contribution is 6.24. The van der Waals surface area contributed by atoms with Crippen molar-refractivity contribution < 1.29 is 19.1 Å². The van der Waals surface area contributed by atoms with Crippen molar-refractivity contribution in [1.29, 1.82) is 0 Å². The molecule has 2 saturated heterocycles. The summed E-state index contributed by atoms with van der Waals surface area (Å²) >= 11 is 0. The molecule has 0 unspecified atom stereocenters. The van der Waals surface area contributed by atoms with Gasteiger partial charge in [0.05, 0.1) is 30.2 Å². The molecule has 6 nitrogen and oxygen atoms in total. The number of imide groups is 1. The zero-order valence-electron chi connectivity index (χ0n) is 17.8. The van der Waals surface area contributed by atoms with Crippen LogP contribution in [0.25, 0.3) is 0 Å². The number of nitrogens with one attached hydrogen (secondary N) is 1. The Balaban J connectivity index is 1.68. The van der Waals surface area contributed by atoms with Gasteiger partial charge >= 0.3 is 0 Å². The van der Waals surface area contributed by atoms with Crippen molar-refractivity contribution in [3.8, 4) is 0 Å². The van der Waals surface area contributed by atoms with Gasteiger partial charge in [-0.15, -0.1) is 0 Å². The van der Waals surface area contributed by atoms with E-state index in [4.69, 9.17) is 4.74 Å². The third kappa shape index (κ3) is 2.84. The Morgan fingerprint density at radius 3 is 2.34 bits per heavy atom. The van der Waals surface area contributed by atoms with Gasteiger partial charge in [-0.05, 0) is 31.9 Å². The molecule has 29 heavy (non-hydrogen) atoms. The molecule has 4 atom stereocenters. The van der Waals surface area contributed by atoms with Gasteiger partial charge in [-0.25, -0.2) is 4.90 Å². The van der Waals surface area contributed by atoms with Crippen molar-refractivity contribution in [2.24, 2.45) is 17.3 Å². The lowest BCUT2D eigenvalue weighted by Crippen LogP contribution is -2.50. The Hall–Kier alpha value is -2.47. The van der Waals surface area contributed by atoms with Crippen LogP contribution in [0.2, 0.25) is 0 Å². The molecule has 3 aliphatic heterocycles. The van der Waals surface area contributed by atoms with Gasteiger partial charge in [0.25, 0.3) is 0 Å². The zero-order valence-corrected chi connectivity index (χ0v) is 17.8. The van der Waals surface area contributed by atoms with Crippen LogP contribution in [0.1, 0.15) is 37.5 Å². The average molecular weight is 396 g/mol. The highest BCUT2D eigenvalue weighted by Gasteiger charge is 2.68. The summed E-state index contributed by atoms with van der Waals surface area (Å²) in [6.45, 7) is 11.5. The Morgan fingerprint density at radius 2 is 1.76 bits per heavy atom. The number of ether oxygens (including phenoxy) is 1.